The van der Waals surface area contributed by atoms with Gasteiger partial charge in [0.25, 0.3) is 0 Å². The van der Waals surface area contributed by atoms with Crippen molar-refractivity contribution < 1.29 is 4.74 Å². The minimum atomic E-state index is 0. The van der Waals surface area contributed by atoms with Crippen molar-refractivity contribution in [3.63, 3.8) is 0 Å². The summed E-state index contributed by atoms with van der Waals surface area (Å²) in [5.74, 6) is 0.878. The molecule has 0 radical (unpaired) electrons. The van der Waals surface area contributed by atoms with E-state index < -0.39 is 0 Å². The Morgan fingerprint density at radius 2 is 1.89 bits per heavy atom. The average molecular weight is 514 g/mol. The Kier molecular flexibility index (Phi) is 10.1. The number of hydrogen-bond acceptors (Lipinski definition) is 4. The van der Waals surface area contributed by atoms with Crippen molar-refractivity contribution >= 4 is 46.3 Å². The number of hydrogen-bond donors (Lipinski definition) is 2. The van der Waals surface area contributed by atoms with Gasteiger partial charge in [0.2, 0.25) is 0 Å². The number of benzene rings is 1. The van der Waals surface area contributed by atoms with E-state index in [0.29, 0.717) is 12.6 Å². The molecule has 1 aromatic heterocycles. The first kappa shape index (κ1) is 23.0. The van der Waals surface area contributed by atoms with Crippen LogP contribution in [0.3, 0.4) is 0 Å². The van der Waals surface area contributed by atoms with Crippen LogP contribution >= 0.6 is 35.3 Å². The lowest BCUT2D eigenvalue weighted by Crippen LogP contribution is -2.48. The van der Waals surface area contributed by atoms with Crippen LogP contribution in [0.5, 0.6) is 0 Å². The van der Waals surface area contributed by atoms with Crippen molar-refractivity contribution in [2.45, 2.75) is 39.0 Å². The normalized spacial score (nSPS) is 15.2. The maximum Gasteiger partial charge on any atom is 0.191 e. The Bertz CT molecular complexity index is 698. The molecule has 0 saturated carbocycles. The van der Waals surface area contributed by atoms with E-state index in [1.54, 1.807) is 0 Å². The van der Waals surface area contributed by atoms with Crippen molar-refractivity contribution in [2.75, 3.05) is 31.6 Å². The van der Waals surface area contributed by atoms with Crippen LogP contribution in [0.4, 0.5) is 5.00 Å². The number of thiophene rings is 1. The van der Waals surface area contributed by atoms with E-state index in [2.05, 4.69) is 62.3 Å². The fourth-order valence-electron chi connectivity index (χ4n) is 3.24. The minimum absolute atomic E-state index is 0. The van der Waals surface area contributed by atoms with Gasteiger partial charge in [0.05, 0.1) is 11.6 Å². The van der Waals surface area contributed by atoms with Gasteiger partial charge >= 0.3 is 0 Å². The molecule has 0 amide bonds. The van der Waals surface area contributed by atoms with Crippen LogP contribution in [0, 0.1) is 0 Å². The van der Waals surface area contributed by atoms with Crippen LogP contribution < -0.4 is 15.5 Å². The molecule has 28 heavy (non-hydrogen) atoms. The molecule has 2 N–H and O–H groups in total. The summed E-state index contributed by atoms with van der Waals surface area (Å²) >= 11 is 1.82. The number of aliphatic imine (C=N–C) groups is 1. The molecule has 5 nitrogen and oxygen atoms in total. The summed E-state index contributed by atoms with van der Waals surface area (Å²) in [6.07, 6.45) is 2.26. The number of anilines is 1. The Morgan fingerprint density at radius 1 is 1.18 bits per heavy atom. The maximum absolute atomic E-state index is 5.44. The first-order valence-corrected chi connectivity index (χ1v) is 10.6. The zero-order valence-corrected chi connectivity index (χ0v) is 19.8. The van der Waals surface area contributed by atoms with E-state index in [-0.39, 0.29) is 24.0 Å². The molecule has 1 fully saturated rings. The standard InChI is InChI=1S/C21H30N4OS.HI/c1-3-26-16-18-8-6-17(7-9-18)15-23-21(22-2)24-19-10-12-25(13-11-19)20-5-4-14-27-20;/h4-9,14,19H,3,10-13,15-16H2,1-2H3,(H2,22,23,24);1H. The molecule has 7 heteroatoms. The van der Waals surface area contributed by atoms with Gasteiger partial charge in [-0.25, -0.2) is 0 Å². The molecule has 3 rings (SSSR count). The van der Waals surface area contributed by atoms with Crippen LogP contribution in [0.2, 0.25) is 0 Å². The maximum atomic E-state index is 5.44. The molecule has 1 aromatic carbocycles. The summed E-state index contributed by atoms with van der Waals surface area (Å²) in [4.78, 5) is 6.86. The van der Waals surface area contributed by atoms with Gasteiger partial charge in [-0.1, -0.05) is 24.3 Å². The summed E-state index contributed by atoms with van der Waals surface area (Å²) in [6.45, 7) is 6.40. The quantitative estimate of drug-likeness (QED) is 0.330. The minimum Gasteiger partial charge on any atom is -0.377 e. The first-order chi connectivity index (χ1) is 13.3. The summed E-state index contributed by atoms with van der Waals surface area (Å²) in [5.41, 5.74) is 2.45. The topological polar surface area (TPSA) is 48.9 Å². The summed E-state index contributed by atoms with van der Waals surface area (Å²) in [6, 6.07) is 13.4. The largest absolute Gasteiger partial charge is 0.377 e. The van der Waals surface area contributed by atoms with Gasteiger partial charge in [-0.2, -0.15) is 0 Å². The molecule has 2 aromatic rings. The smallest absolute Gasteiger partial charge is 0.191 e. The molecule has 0 aliphatic carbocycles. The Morgan fingerprint density at radius 3 is 2.50 bits per heavy atom. The lowest BCUT2D eigenvalue weighted by molar-refractivity contribution is 0.134. The lowest BCUT2D eigenvalue weighted by atomic mass is 10.1. The highest BCUT2D eigenvalue weighted by atomic mass is 127. The van der Waals surface area contributed by atoms with Crippen molar-refractivity contribution in [3.05, 3.63) is 52.9 Å². The lowest BCUT2D eigenvalue weighted by Gasteiger charge is -2.33. The van der Waals surface area contributed by atoms with E-state index in [1.165, 1.54) is 16.1 Å². The average Bonchev–Trinajstić information content (AvgIpc) is 3.25. The van der Waals surface area contributed by atoms with Gasteiger partial charge < -0.3 is 20.3 Å². The van der Waals surface area contributed by atoms with Crippen LogP contribution in [-0.2, 0) is 17.9 Å². The number of halogens is 1. The summed E-state index contributed by atoms with van der Waals surface area (Å²) in [5, 5.41) is 10.5. The zero-order chi connectivity index (χ0) is 18.9. The third-order valence-electron chi connectivity index (χ3n) is 4.83. The highest BCUT2D eigenvalue weighted by Crippen LogP contribution is 2.24. The van der Waals surface area contributed by atoms with Crippen molar-refractivity contribution in [2.24, 2.45) is 4.99 Å². The Hall–Kier alpha value is -1.32. The number of rotatable bonds is 7. The summed E-state index contributed by atoms with van der Waals surface area (Å²) < 4.78 is 5.44. The van der Waals surface area contributed by atoms with Crippen LogP contribution in [0.15, 0.2) is 46.8 Å². The zero-order valence-electron chi connectivity index (χ0n) is 16.7. The predicted molar refractivity (Wildman–Crippen MR) is 130 cm³/mol. The van der Waals surface area contributed by atoms with Gasteiger partial charge in [0.1, 0.15) is 0 Å². The number of guanidine groups is 1. The first-order valence-electron chi connectivity index (χ1n) is 9.69. The second-order valence-corrected chi connectivity index (χ2v) is 7.66. The number of nitrogens with zero attached hydrogens (tertiary/aromatic N) is 2. The van der Waals surface area contributed by atoms with Gasteiger partial charge in [-0.05, 0) is 48.4 Å². The van der Waals surface area contributed by atoms with E-state index in [0.717, 1.165) is 45.0 Å². The number of piperidine rings is 1. The molecule has 1 aliphatic rings. The third kappa shape index (κ3) is 6.93. The second kappa shape index (κ2) is 12.3. The number of nitrogens with one attached hydrogen (secondary N) is 2. The van der Waals surface area contributed by atoms with Gasteiger partial charge in [-0.3, -0.25) is 4.99 Å². The van der Waals surface area contributed by atoms with E-state index in [9.17, 15) is 0 Å². The molecule has 154 valence electrons. The molecule has 0 atom stereocenters. The monoisotopic (exact) mass is 514 g/mol. The van der Waals surface area contributed by atoms with E-state index in [1.807, 2.05) is 25.3 Å². The fraction of sp³-hybridized carbons (Fsp3) is 0.476. The van der Waals surface area contributed by atoms with Crippen LogP contribution in [0.1, 0.15) is 30.9 Å². The van der Waals surface area contributed by atoms with Gasteiger partial charge in [-0.15, -0.1) is 35.3 Å². The van der Waals surface area contributed by atoms with Crippen molar-refractivity contribution in [1.82, 2.24) is 10.6 Å². The molecular weight excluding hydrogens is 483 g/mol. The molecule has 1 saturated heterocycles. The SMILES string of the molecule is CCOCc1ccc(CNC(=NC)NC2CCN(c3cccs3)CC2)cc1.I. The molecule has 2 heterocycles. The molecule has 0 unspecified atom stereocenters. The van der Waals surface area contributed by atoms with Crippen molar-refractivity contribution in [1.29, 1.82) is 0 Å². The summed E-state index contributed by atoms with van der Waals surface area (Å²) in [7, 11) is 1.83. The fourth-order valence-corrected chi connectivity index (χ4v) is 4.03. The highest BCUT2D eigenvalue weighted by Gasteiger charge is 2.20. The second-order valence-electron chi connectivity index (χ2n) is 6.74. The Balaban J connectivity index is 0.00000280. The molecule has 1 aliphatic heterocycles. The molecular formula is C21H31IN4OS. The van der Waals surface area contributed by atoms with E-state index in [4.69, 9.17) is 4.74 Å². The number of ether oxygens (including phenoxy) is 1. The van der Waals surface area contributed by atoms with Crippen LogP contribution in [-0.4, -0.2) is 38.7 Å². The third-order valence-corrected chi connectivity index (χ3v) is 5.76. The Labute approximate surface area is 189 Å². The molecule has 0 spiro atoms. The van der Waals surface area contributed by atoms with Gasteiger partial charge in [0.15, 0.2) is 5.96 Å². The predicted octanol–water partition coefficient (Wildman–Crippen LogP) is 4.24. The van der Waals surface area contributed by atoms with Gasteiger partial charge in [0, 0.05) is 39.3 Å². The molecule has 0 bridgehead atoms. The van der Waals surface area contributed by atoms with Crippen molar-refractivity contribution in [3.8, 4) is 0 Å². The highest BCUT2D eigenvalue weighted by molar-refractivity contribution is 14.0. The van der Waals surface area contributed by atoms with E-state index >= 15 is 0 Å². The van der Waals surface area contributed by atoms with Crippen LogP contribution in [0.25, 0.3) is 0 Å².